The maximum absolute atomic E-state index is 14.3. The number of fused-ring (bicyclic) bond motifs is 2. The zero-order valence-electron chi connectivity index (χ0n) is 17.2. The third-order valence-corrected chi connectivity index (χ3v) is 7.11. The smallest absolute Gasteiger partial charge is 0.242 e. The normalized spacial score (nSPS) is 22.6. The molecule has 1 heterocycles. The van der Waals surface area contributed by atoms with Crippen LogP contribution in [0, 0.1) is 0 Å². The average Bonchev–Trinajstić information content (AvgIpc) is 3.01. The Bertz CT molecular complexity index is 1200. The lowest BCUT2D eigenvalue weighted by Gasteiger charge is -2.40. The maximum atomic E-state index is 14.3. The lowest BCUT2D eigenvalue weighted by atomic mass is 9.60. The van der Waals surface area contributed by atoms with E-state index in [-0.39, 0.29) is 17.6 Å². The highest BCUT2D eigenvalue weighted by atomic mass is 79.9. The van der Waals surface area contributed by atoms with Crippen LogP contribution in [0.5, 0.6) is 0 Å². The van der Waals surface area contributed by atoms with Crippen LogP contribution < -0.4 is 4.90 Å². The van der Waals surface area contributed by atoms with E-state index in [0.717, 1.165) is 32.4 Å². The summed E-state index contributed by atoms with van der Waals surface area (Å²) >= 11 is 3.50. The molecule has 0 saturated heterocycles. The van der Waals surface area contributed by atoms with Crippen molar-refractivity contribution < 1.29 is 9.59 Å². The highest BCUT2D eigenvalue weighted by Gasteiger charge is 2.58. The largest absolute Gasteiger partial charge is 0.307 e. The molecule has 0 N–H and O–H groups in total. The van der Waals surface area contributed by atoms with Gasteiger partial charge in [0.25, 0.3) is 0 Å². The fourth-order valence-electron chi connectivity index (χ4n) is 5.23. The molecule has 0 fully saturated rings. The van der Waals surface area contributed by atoms with Crippen molar-refractivity contribution in [2.45, 2.75) is 31.2 Å². The minimum Gasteiger partial charge on any atom is -0.307 e. The number of rotatable bonds is 3. The van der Waals surface area contributed by atoms with Gasteiger partial charge in [0.2, 0.25) is 5.91 Å². The van der Waals surface area contributed by atoms with Crippen LogP contribution in [0.2, 0.25) is 0 Å². The van der Waals surface area contributed by atoms with Crippen molar-refractivity contribution in [3.8, 4) is 0 Å². The first-order chi connectivity index (χ1) is 15.0. The predicted octanol–water partition coefficient (Wildman–Crippen LogP) is 5.94. The molecule has 1 aliphatic heterocycles. The lowest BCUT2D eigenvalue weighted by molar-refractivity contribution is -0.124. The number of hydrogen-bond acceptors (Lipinski definition) is 2. The van der Waals surface area contributed by atoms with E-state index in [1.54, 1.807) is 6.08 Å². The summed E-state index contributed by atoms with van der Waals surface area (Å²) in [4.78, 5) is 28.8. The van der Waals surface area contributed by atoms with Gasteiger partial charge in [-0.1, -0.05) is 76.6 Å². The molecule has 0 unspecified atom stereocenters. The number of hydrogen-bond donors (Lipinski definition) is 0. The van der Waals surface area contributed by atoms with E-state index in [4.69, 9.17) is 0 Å². The quantitative estimate of drug-likeness (QED) is 0.474. The fourth-order valence-corrected chi connectivity index (χ4v) is 5.49. The van der Waals surface area contributed by atoms with Crippen LogP contribution in [-0.4, -0.2) is 11.7 Å². The van der Waals surface area contributed by atoms with Crippen molar-refractivity contribution in [3.63, 3.8) is 0 Å². The highest BCUT2D eigenvalue weighted by Crippen LogP contribution is 2.57. The second kappa shape index (κ2) is 7.61. The van der Waals surface area contributed by atoms with Crippen molar-refractivity contribution in [2.75, 3.05) is 4.90 Å². The number of anilines is 1. The Balaban J connectivity index is 1.71. The van der Waals surface area contributed by atoms with Gasteiger partial charge < -0.3 is 4.90 Å². The first kappa shape index (κ1) is 20.0. The van der Waals surface area contributed by atoms with Gasteiger partial charge >= 0.3 is 0 Å². The highest BCUT2D eigenvalue weighted by molar-refractivity contribution is 9.10. The molecule has 1 aliphatic carbocycles. The molecular formula is C27H22BrNO2. The molecule has 5 rings (SSSR count). The first-order valence-electron chi connectivity index (χ1n) is 10.4. The summed E-state index contributed by atoms with van der Waals surface area (Å²) in [7, 11) is 0. The van der Waals surface area contributed by atoms with E-state index in [2.05, 4.69) is 22.0 Å². The summed E-state index contributed by atoms with van der Waals surface area (Å²) in [6.07, 6.45) is 1.99. The van der Waals surface area contributed by atoms with E-state index in [1.807, 2.05) is 84.6 Å². The molecule has 3 nitrogen and oxygen atoms in total. The molecule has 3 aromatic carbocycles. The molecule has 31 heavy (non-hydrogen) atoms. The van der Waals surface area contributed by atoms with Crippen molar-refractivity contribution in [3.05, 3.63) is 112 Å². The average molecular weight is 472 g/mol. The Hall–Kier alpha value is -2.98. The van der Waals surface area contributed by atoms with Gasteiger partial charge in [0.1, 0.15) is 5.41 Å². The van der Waals surface area contributed by atoms with Gasteiger partial charge in [0.05, 0.1) is 6.54 Å². The maximum Gasteiger partial charge on any atom is 0.242 e. The number of ketones is 1. The monoisotopic (exact) mass is 471 g/mol. The van der Waals surface area contributed by atoms with E-state index in [0.29, 0.717) is 13.0 Å². The number of allylic oxidation sites excluding steroid dienone is 1. The molecule has 3 aromatic rings. The van der Waals surface area contributed by atoms with Crippen molar-refractivity contribution in [2.24, 2.45) is 0 Å². The summed E-state index contributed by atoms with van der Waals surface area (Å²) in [5.41, 5.74) is 3.97. The van der Waals surface area contributed by atoms with Crippen LogP contribution in [-0.2, 0) is 21.5 Å². The zero-order chi connectivity index (χ0) is 21.6. The van der Waals surface area contributed by atoms with E-state index >= 15 is 0 Å². The molecule has 0 saturated carbocycles. The number of nitrogens with zero attached hydrogens (tertiary/aromatic N) is 1. The summed E-state index contributed by atoms with van der Waals surface area (Å²) in [5, 5.41) is 0. The molecule has 2 atom stereocenters. The minimum atomic E-state index is -0.868. The predicted molar refractivity (Wildman–Crippen MR) is 126 cm³/mol. The molecular weight excluding hydrogens is 450 g/mol. The van der Waals surface area contributed by atoms with Crippen LogP contribution in [0.15, 0.2) is 95.0 Å². The van der Waals surface area contributed by atoms with Crippen molar-refractivity contribution in [1.29, 1.82) is 0 Å². The number of carbonyl (C=O) groups is 2. The standard InChI is InChI=1S/C27H22BrNO2/c1-18-15-22(30)16-24(20-11-13-21(28)14-12-20)27(18)23-9-5-6-10-25(23)29(26(27)31)17-19-7-3-2-4-8-19/h2-15,24H,16-17H2,1H3/t24-,27+/m1/s1. The number of para-hydroxylation sites is 1. The molecule has 0 aromatic heterocycles. The molecule has 154 valence electrons. The van der Waals surface area contributed by atoms with Crippen LogP contribution in [0.25, 0.3) is 0 Å². The first-order valence-corrected chi connectivity index (χ1v) is 11.2. The van der Waals surface area contributed by atoms with Crippen LogP contribution in [0.1, 0.15) is 36.0 Å². The summed E-state index contributed by atoms with van der Waals surface area (Å²) in [6, 6.07) is 26.1. The summed E-state index contributed by atoms with van der Waals surface area (Å²) < 4.78 is 0.976. The topological polar surface area (TPSA) is 37.4 Å². The number of amides is 1. The van der Waals surface area contributed by atoms with Gasteiger partial charge in [-0.15, -0.1) is 0 Å². The van der Waals surface area contributed by atoms with E-state index in [1.165, 1.54) is 0 Å². The molecule has 0 radical (unpaired) electrons. The number of carbonyl (C=O) groups excluding carboxylic acids is 2. The van der Waals surface area contributed by atoms with Gasteiger partial charge in [0, 0.05) is 22.5 Å². The Morgan fingerprint density at radius 3 is 2.35 bits per heavy atom. The Labute approximate surface area is 190 Å². The number of halogens is 1. The Morgan fingerprint density at radius 1 is 0.935 bits per heavy atom. The molecule has 0 bridgehead atoms. The molecule has 2 aliphatic rings. The Morgan fingerprint density at radius 2 is 1.61 bits per heavy atom. The van der Waals surface area contributed by atoms with E-state index < -0.39 is 5.41 Å². The molecule has 1 amide bonds. The van der Waals surface area contributed by atoms with Crippen LogP contribution in [0.4, 0.5) is 5.69 Å². The summed E-state index contributed by atoms with van der Waals surface area (Å²) in [5.74, 6) is -0.123. The van der Waals surface area contributed by atoms with Gasteiger partial charge in [-0.3, -0.25) is 9.59 Å². The number of benzene rings is 3. The van der Waals surface area contributed by atoms with E-state index in [9.17, 15) is 9.59 Å². The Kier molecular flexibility index (Phi) is 4.90. The third-order valence-electron chi connectivity index (χ3n) is 6.59. The van der Waals surface area contributed by atoms with Crippen LogP contribution >= 0.6 is 15.9 Å². The fraction of sp³-hybridized carbons (Fsp3) is 0.185. The van der Waals surface area contributed by atoms with Crippen LogP contribution in [0.3, 0.4) is 0 Å². The molecule has 4 heteroatoms. The van der Waals surface area contributed by atoms with Gasteiger partial charge in [-0.25, -0.2) is 0 Å². The van der Waals surface area contributed by atoms with Gasteiger partial charge in [-0.05, 0) is 53.5 Å². The second-order valence-electron chi connectivity index (χ2n) is 8.30. The van der Waals surface area contributed by atoms with Gasteiger partial charge in [0.15, 0.2) is 5.78 Å². The third kappa shape index (κ3) is 3.09. The zero-order valence-corrected chi connectivity index (χ0v) is 18.8. The lowest BCUT2D eigenvalue weighted by Crippen LogP contribution is -2.47. The minimum absolute atomic E-state index is 0.0479. The molecule has 1 spiro atoms. The van der Waals surface area contributed by atoms with Crippen molar-refractivity contribution >= 4 is 33.3 Å². The second-order valence-corrected chi connectivity index (χ2v) is 9.22. The van der Waals surface area contributed by atoms with Gasteiger partial charge in [-0.2, -0.15) is 0 Å². The van der Waals surface area contributed by atoms with Crippen molar-refractivity contribution in [1.82, 2.24) is 0 Å². The SMILES string of the molecule is CC1=CC(=O)C[C@H](c2ccc(Br)cc2)[C@]12C(=O)N(Cc1ccccc1)c1ccccc12. The summed E-state index contributed by atoms with van der Waals surface area (Å²) in [6.45, 7) is 2.44.